The zero-order valence-corrected chi connectivity index (χ0v) is 7.65. The van der Waals surface area contributed by atoms with Crippen LogP contribution in [0.5, 0.6) is 0 Å². The molecular weight excluding hydrogens is 186 g/mol. The highest BCUT2D eigenvalue weighted by molar-refractivity contribution is 6.17. The highest BCUT2D eigenvalue weighted by Crippen LogP contribution is 2.11. The van der Waals surface area contributed by atoms with E-state index in [2.05, 4.69) is 10.1 Å². The molecule has 0 aliphatic carbocycles. The van der Waals surface area contributed by atoms with Crippen LogP contribution in [0.3, 0.4) is 0 Å². The molecule has 0 spiro atoms. The summed E-state index contributed by atoms with van der Waals surface area (Å²) in [6, 6.07) is 5.66. The molecule has 4 heteroatoms. The lowest BCUT2D eigenvalue weighted by Crippen LogP contribution is -2.01. The molecule has 0 radical (unpaired) electrons. The van der Waals surface area contributed by atoms with E-state index < -0.39 is 0 Å². The summed E-state index contributed by atoms with van der Waals surface area (Å²) in [5.74, 6) is 1.24. The molecule has 0 atom stereocenters. The van der Waals surface area contributed by atoms with Crippen molar-refractivity contribution in [2.75, 3.05) is 0 Å². The van der Waals surface area contributed by atoms with Crippen LogP contribution in [0.15, 0.2) is 36.8 Å². The van der Waals surface area contributed by atoms with Gasteiger partial charge in [0.2, 0.25) is 0 Å². The minimum atomic E-state index is 0.447. The number of aromatic nitrogens is 3. The van der Waals surface area contributed by atoms with E-state index in [1.165, 1.54) is 0 Å². The van der Waals surface area contributed by atoms with Crippen LogP contribution in [0.1, 0.15) is 5.56 Å². The molecule has 0 aliphatic rings. The van der Waals surface area contributed by atoms with Gasteiger partial charge in [-0.05, 0) is 12.1 Å². The first-order chi connectivity index (χ1) is 6.42. The van der Waals surface area contributed by atoms with Crippen molar-refractivity contribution in [3.05, 3.63) is 42.4 Å². The van der Waals surface area contributed by atoms with Crippen molar-refractivity contribution in [3.63, 3.8) is 0 Å². The number of hydrogen-bond acceptors (Lipinski definition) is 2. The first-order valence-corrected chi connectivity index (χ1v) is 4.45. The molecule has 0 aromatic carbocycles. The fraction of sp³-hybridized carbons (Fsp3) is 0.111. The molecule has 2 rings (SSSR count). The minimum Gasteiger partial charge on any atom is -0.237 e. The third-order valence-electron chi connectivity index (χ3n) is 1.73. The van der Waals surface area contributed by atoms with Gasteiger partial charge in [0.15, 0.2) is 5.82 Å². The monoisotopic (exact) mass is 193 g/mol. The first-order valence-electron chi connectivity index (χ1n) is 3.91. The van der Waals surface area contributed by atoms with E-state index in [9.17, 15) is 0 Å². The Hall–Kier alpha value is -1.35. The zero-order valence-electron chi connectivity index (χ0n) is 6.89. The van der Waals surface area contributed by atoms with E-state index >= 15 is 0 Å². The summed E-state index contributed by atoms with van der Waals surface area (Å²) in [6.45, 7) is 0. The second-order valence-corrected chi connectivity index (χ2v) is 2.84. The number of nitrogens with zero attached hydrogens (tertiary/aromatic N) is 3. The number of hydrogen-bond donors (Lipinski definition) is 0. The lowest BCUT2D eigenvalue weighted by molar-refractivity contribution is 0.836. The zero-order chi connectivity index (χ0) is 9.10. The van der Waals surface area contributed by atoms with Gasteiger partial charge in [0.05, 0.1) is 5.88 Å². The lowest BCUT2D eigenvalue weighted by atomic mass is 10.3. The van der Waals surface area contributed by atoms with Gasteiger partial charge in [-0.1, -0.05) is 6.07 Å². The van der Waals surface area contributed by atoms with Crippen molar-refractivity contribution in [3.8, 4) is 5.82 Å². The van der Waals surface area contributed by atoms with Crippen LogP contribution in [-0.4, -0.2) is 14.8 Å². The summed E-state index contributed by atoms with van der Waals surface area (Å²) >= 11 is 5.77. The van der Waals surface area contributed by atoms with E-state index in [0.717, 1.165) is 11.4 Å². The Kier molecular flexibility index (Phi) is 2.27. The van der Waals surface area contributed by atoms with Crippen LogP contribution in [0.25, 0.3) is 5.82 Å². The molecule has 0 N–H and O–H groups in total. The van der Waals surface area contributed by atoms with Crippen LogP contribution >= 0.6 is 11.6 Å². The standard InChI is InChI=1S/C9H8ClN3/c10-7-8-3-1-4-11-9(8)13-6-2-5-12-13/h1-6H,7H2. The van der Waals surface area contributed by atoms with Crippen molar-refractivity contribution in [2.45, 2.75) is 5.88 Å². The number of pyridine rings is 1. The molecule has 3 nitrogen and oxygen atoms in total. The fourth-order valence-electron chi connectivity index (χ4n) is 1.13. The quantitative estimate of drug-likeness (QED) is 0.684. The fourth-order valence-corrected chi connectivity index (χ4v) is 1.34. The highest BCUT2D eigenvalue weighted by Gasteiger charge is 2.03. The van der Waals surface area contributed by atoms with Gasteiger partial charge in [-0.15, -0.1) is 11.6 Å². The van der Waals surface area contributed by atoms with E-state index in [-0.39, 0.29) is 0 Å². The molecule has 66 valence electrons. The average Bonchev–Trinajstić information content (AvgIpc) is 2.70. The predicted molar refractivity (Wildman–Crippen MR) is 50.9 cm³/mol. The summed E-state index contributed by atoms with van der Waals surface area (Å²) in [4.78, 5) is 4.21. The van der Waals surface area contributed by atoms with Gasteiger partial charge in [-0.2, -0.15) is 5.10 Å². The Labute approximate surface area is 81.0 Å². The Morgan fingerprint density at radius 2 is 2.23 bits per heavy atom. The molecule has 0 saturated carbocycles. The third kappa shape index (κ3) is 1.55. The van der Waals surface area contributed by atoms with E-state index in [4.69, 9.17) is 11.6 Å². The van der Waals surface area contributed by atoms with Gasteiger partial charge >= 0.3 is 0 Å². The van der Waals surface area contributed by atoms with Crippen LogP contribution in [-0.2, 0) is 5.88 Å². The summed E-state index contributed by atoms with van der Waals surface area (Å²) in [6.07, 6.45) is 5.29. The minimum absolute atomic E-state index is 0.447. The smallest absolute Gasteiger partial charge is 0.157 e. The van der Waals surface area contributed by atoms with Gasteiger partial charge in [0.25, 0.3) is 0 Å². The van der Waals surface area contributed by atoms with Crippen molar-refractivity contribution in [1.82, 2.24) is 14.8 Å². The van der Waals surface area contributed by atoms with Crippen LogP contribution < -0.4 is 0 Å². The predicted octanol–water partition coefficient (Wildman–Crippen LogP) is 2.01. The Morgan fingerprint density at radius 1 is 1.31 bits per heavy atom. The van der Waals surface area contributed by atoms with Crippen LogP contribution in [0, 0.1) is 0 Å². The van der Waals surface area contributed by atoms with E-state index in [0.29, 0.717) is 5.88 Å². The molecular formula is C9H8ClN3. The van der Waals surface area contributed by atoms with Crippen LogP contribution in [0.4, 0.5) is 0 Å². The van der Waals surface area contributed by atoms with Gasteiger partial charge in [-0.25, -0.2) is 9.67 Å². The normalized spacial score (nSPS) is 10.2. The SMILES string of the molecule is ClCc1cccnc1-n1cccn1. The van der Waals surface area contributed by atoms with Gasteiger partial charge in [0, 0.05) is 24.2 Å². The molecule has 0 amide bonds. The van der Waals surface area contributed by atoms with Crippen LogP contribution in [0.2, 0.25) is 0 Å². The Bertz CT molecular complexity index is 384. The summed E-state index contributed by atoms with van der Waals surface area (Å²) < 4.78 is 1.71. The van der Waals surface area contributed by atoms with Crippen molar-refractivity contribution in [1.29, 1.82) is 0 Å². The number of halogens is 1. The largest absolute Gasteiger partial charge is 0.237 e. The summed E-state index contributed by atoms with van der Waals surface area (Å²) in [5.41, 5.74) is 0.980. The first kappa shape index (κ1) is 8.26. The van der Waals surface area contributed by atoms with Gasteiger partial charge in [0.1, 0.15) is 0 Å². The maximum absolute atomic E-state index is 5.77. The average molecular weight is 194 g/mol. The molecule has 2 aromatic heterocycles. The Balaban J connectivity index is 2.51. The van der Waals surface area contributed by atoms with Gasteiger partial charge in [-0.3, -0.25) is 0 Å². The third-order valence-corrected chi connectivity index (χ3v) is 2.02. The molecule has 13 heavy (non-hydrogen) atoms. The topological polar surface area (TPSA) is 30.7 Å². The van der Waals surface area contributed by atoms with Crippen molar-refractivity contribution in [2.24, 2.45) is 0 Å². The van der Waals surface area contributed by atoms with E-state index in [1.807, 2.05) is 24.4 Å². The molecule has 0 bridgehead atoms. The second-order valence-electron chi connectivity index (χ2n) is 2.57. The Morgan fingerprint density at radius 3 is 2.92 bits per heavy atom. The lowest BCUT2D eigenvalue weighted by Gasteiger charge is -2.04. The molecule has 2 aromatic rings. The van der Waals surface area contributed by atoms with Crippen molar-refractivity contribution < 1.29 is 0 Å². The number of rotatable bonds is 2. The van der Waals surface area contributed by atoms with Crippen molar-refractivity contribution >= 4 is 11.6 Å². The summed E-state index contributed by atoms with van der Waals surface area (Å²) in [5, 5.41) is 4.09. The highest BCUT2D eigenvalue weighted by atomic mass is 35.5. The molecule has 0 fully saturated rings. The maximum Gasteiger partial charge on any atom is 0.157 e. The number of alkyl halides is 1. The molecule has 2 heterocycles. The van der Waals surface area contributed by atoms with Gasteiger partial charge < -0.3 is 0 Å². The van der Waals surface area contributed by atoms with E-state index in [1.54, 1.807) is 17.1 Å². The second kappa shape index (κ2) is 3.58. The molecule has 0 unspecified atom stereocenters. The maximum atomic E-state index is 5.77. The molecule has 0 saturated heterocycles. The summed E-state index contributed by atoms with van der Waals surface area (Å²) in [7, 11) is 0. The molecule has 0 aliphatic heterocycles.